The van der Waals surface area contributed by atoms with E-state index in [9.17, 15) is 8.78 Å². The third-order valence-electron chi connectivity index (χ3n) is 6.35. The number of piperidine rings is 1. The van der Waals surface area contributed by atoms with Crippen LogP contribution >= 0.6 is 0 Å². The second kappa shape index (κ2) is 6.10. The zero-order valence-electron chi connectivity index (χ0n) is 15.4. The maximum atomic E-state index is 13.9. The Kier molecular flexibility index (Phi) is 4.54. The number of para-hydroxylation sites is 1. The average molecular weight is 354 g/mol. The van der Waals surface area contributed by atoms with Gasteiger partial charge in [0.25, 0.3) is 0 Å². The number of rotatable bonds is 5. The van der Waals surface area contributed by atoms with Gasteiger partial charge in [0, 0.05) is 19.7 Å². The molecule has 2 atom stereocenters. The summed E-state index contributed by atoms with van der Waals surface area (Å²) >= 11 is 0. The molecule has 3 rings (SSSR count). The Morgan fingerprint density at radius 3 is 2.17 bits per heavy atom. The molecule has 1 heterocycles. The summed E-state index contributed by atoms with van der Waals surface area (Å²) in [6.07, 6.45) is 1.08. The molecule has 2 aliphatic rings. The minimum Gasteiger partial charge on any atom is -0.417 e. The summed E-state index contributed by atoms with van der Waals surface area (Å²) in [5, 5.41) is 0.242. The van der Waals surface area contributed by atoms with Crippen molar-refractivity contribution in [1.82, 2.24) is 0 Å². The lowest BCUT2D eigenvalue weighted by Crippen LogP contribution is -2.41. The van der Waals surface area contributed by atoms with Crippen LogP contribution < -0.4 is 4.90 Å². The molecule has 1 aromatic carbocycles. The van der Waals surface area contributed by atoms with Gasteiger partial charge in [0.2, 0.25) is 0 Å². The van der Waals surface area contributed by atoms with E-state index in [1.807, 2.05) is 4.90 Å². The van der Waals surface area contributed by atoms with Crippen LogP contribution in [0.25, 0.3) is 0 Å². The van der Waals surface area contributed by atoms with Crippen molar-refractivity contribution in [1.29, 1.82) is 0 Å². The summed E-state index contributed by atoms with van der Waals surface area (Å²) in [7, 11) is -1.67. The lowest BCUT2D eigenvalue weighted by Gasteiger charge is -2.36. The van der Waals surface area contributed by atoms with Gasteiger partial charge in [0.1, 0.15) is 17.3 Å². The number of halogens is 2. The Morgan fingerprint density at radius 2 is 1.67 bits per heavy atom. The molecule has 0 aromatic heterocycles. The van der Waals surface area contributed by atoms with Crippen LogP contribution in [0.15, 0.2) is 18.2 Å². The Morgan fingerprint density at radius 1 is 1.12 bits per heavy atom. The predicted molar refractivity (Wildman–Crippen MR) is 96.8 cm³/mol. The first-order valence-electron chi connectivity index (χ1n) is 8.95. The Balaban J connectivity index is 1.49. The van der Waals surface area contributed by atoms with Crippen LogP contribution in [-0.2, 0) is 4.43 Å². The largest absolute Gasteiger partial charge is 0.417 e. The van der Waals surface area contributed by atoms with Gasteiger partial charge in [-0.1, -0.05) is 26.8 Å². The fourth-order valence-corrected chi connectivity index (χ4v) is 4.78. The van der Waals surface area contributed by atoms with Gasteiger partial charge in [-0.25, -0.2) is 8.78 Å². The van der Waals surface area contributed by atoms with Gasteiger partial charge in [-0.05, 0) is 54.4 Å². The number of nitrogens with zero attached hydrogens (tertiary/aromatic N) is 1. The summed E-state index contributed by atoms with van der Waals surface area (Å²) in [5.41, 5.74) is 0.154. The van der Waals surface area contributed by atoms with Crippen LogP contribution in [0, 0.1) is 29.4 Å². The number of fused-ring (bicyclic) bond motifs is 1. The monoisotopic (exact) mass is 353 g/mol. The SMILES string of the molecule is CC(C)(C)[Si](C)(C)OCCC1C2CN(c3c(F)cccc3F)CC12. The third-order valence-corrected chi connectivity index (χ3v) is 10.9. The highest BCUT2D eigenvalue weighted by atomic mass is 28.4. The molecule has 0 radical (unpaired) electrons. The molecule has 1 aromatic rings. The fourth-order valence-electron chi connectivity index (χ4n) is 3.72. The molecule has 0 spiro atoms. The minimum atomic E-state index is -1.67. The van der Waals surface area contributed by atoms with E-state index < -0.39 is 20.0 Å². The Labute approximate surface area is 145 Å². The van der Waals surface area contributed by atoms with E-state index in [-0.39, 0.29) is 10.7 Å². The molecule has 24 heavy (non-hydrogen) atoms. The molecular weight excluding hydrogens is 324 g/mol. The molecule has 1 saturated heterocycles. The highest BCUT2D eigenvalue weighted by molar-refractivity contribution is 6.74. The lowest BCUT2D eigenvalue weighted by atomic mass is 10.2. The first-order valence-corrected chi connectivity index (χ1v) is 11.9. The summed E-state index contributed by atoms with van der Waals surface area (Å²) in [4.78, 5) is 1.88. The maximum Gasteiger partial charge on any atom is 0.191 e. The zero-order chi connectivity index (χ0) is 17.7. The summed E-state index contributed by atoms with van der Waals surface area (Å²) < 4.78 is 34.0. The molecule has 1 aliphatic heterocycles. The molecule has 0 amide bonds. The van der Waals surface area contributed by atoms with Gasteiger partial charge in [-0.15, -0.1) is 0 Å². The molecule has 0 bridgehead atoms. The van der Waals surface area contributed by atoms with E-state index in [2.05, 4.69) is 33.9 Å². The second-order valence-electron chi connectivity index (χ2n) is 8.86. The third kappa shape index (κ3) is 3.25. The van der Waals surface area contributed by atoms with Crippen LogP contribution in [0.3, 0.4) is 0 Å². The van der Waals surface area contributed by atoms with E-state index in [0.29, 0.717) is 17.8 Å². The lowest BCUT2D eigenvalue weighted by molar-refractivity contribution is 0.269. The van der Waals surface area contributed by atoms with E-state index in [0.717, 1.165) is 26.1 Å². The predicted octanol–water partition coefficient (Wildman–Crippen LogP) is 5.06. The molecule has 1 saturated carbocycles. The molecule has 134 valence electrons. The van der Waals surface area contributed by atoms with Crippen LogP contribution in [0.1, 0.15) is 27.2 Å². The van der Waals surface area contributed by atoms with Crippen molar-refractivity contribution in [2.45, 2.75) is 45.3 Å². The molecule has 1 aliphatic carbocycles. The Hall–Kier alpha value is -0.943. The summed E-state index contributed by atoms with van der Waals surface area (Å²) in [5.74, 6) is 0.920. The van der Waals surface area contributed by atoms with Gasteiger partial charge in [-0.2, -0.15) is 0 Å². The van der Waals surface area contributed by atoms with E-state index in [1.165, 1.54) is 18.2 Å². The first-order chi connectivity index (χ1) is 11.1. The highest BCUT2D eigenvalue weighted by Crippen LogP contribution is 2.54. The minimum absolute atomic E-state index is 0.154. The fraction of sp³-hybridized carbons (Fsp3) is 0.684. The normalized spacial score (nSPS) is 26.6. The number of hydrogen-bond donors (Lipinski definition) is 0. The van der Waals surface area contributed by atoms with Gasteiger partial charge in [0.15, 0.2) is 8.32 Å². The van der Waals surface area contributed by atoms with Gasteiger partial charge >= 0.3 is 0 Å². The smallest absolute Gasteiger partial charge is 0.191 e. The van der Waals surface area contributed by atoms with E-state index in [1.54, 1.807) is 0 Å². The topological polar surface area (TPSA) is 12.5 Å². The van der Waals surface area contributed by atoms with Crippen molar-refractivity contribution in [2.75, 3.05) is 24.6 Å². The van der Waals surface area contributed by atoms with Gasteiger partial charge in [0.05, 0.1) is 0 Å². The number of benzene rings is 1. The van der Waals surface area contributed by atoms with Crippen molar-refractivity contribution >= 4 is 14.0 Å². The zero-order valence-corrected chi connectivity index (χ0v) is 16.4. The molecule has 2 fully saturated rings. The molecular formula is C19H29F2NOSi. The van der Waals surface area contributed by atoms with Crippen LogP contribution in [0.2, 0.25) is 18.1 Å². The van der Waals surface area contributed by atoms with Crippen LogP contribution in [-0.4, -0.2) is 28.0 Å². The number of anilines is 1. The molecule has 5 heteroatoms. The van der Waals surface area contributed by atoms with Crippen molar-refractivity contribution in [3.63, 3.8) is 0 Å². The average Bonchev–Trinajstić information content (AvgIpc) is 2.90. The standard InChI is InChI=1S/C19H29F2NOSi/c1-19(2,3)24(4,5)23-10-9-13-14-11-22(12-15(13)14)18-16(20)7-6-8-17(18)21/h6-8,13-15H,9-12H2,1-5H3. The van der Waals surface area contributed by atoms with Crippen LogP contribution in [0.4, 0.5) is 14.5 Å². The summed E-state index contributed by atoms with van der Waals surface area (Å²) in [6, 6.07) is 4.10. The number of hydrogen-bond acceptors (Lipinski definition) is 2. The van der Waals surface area contributed by atoms with Crippen molar-refractivity contribution in [3.05, 3.63) is 29.8 Å². The van der Waals surface area contributed by atoms with Crippen molar-refractivity contribution in [2.24, 2.45) is 17.8 Å². The van der Waals surface area contributed by atoms with Crippen LogP contribution in [0.5, 0.6) is 0 Å². The summed E-state index contributed by atoms with van der Waals surface area (Å²) in [6.45, 7) is 13.7. The van der Waals surface area contributed by atoms with Crippen molar-refractivity contribution in [3.8, 4) is 0 Å². The van der Waals surface area contributed by atoms with Crippen molar-refractivity contribution < 1.29 is 13.2 Å². The quantitative estimate of drug-likeness (QED) is 0.686. The molecule has 0 N–H and O–H groups in total. The van der Waals surface area contributed by atoms with Gasteiger partial charge < -0.3 is 9.33 Å². The van der Waals surface area contributed by atoms with Gasteiger partial charge in [-0.3, -0.25) is 0 Å². The first kappa shape index (κ1) is 17.9. The van der Waals surface area contributed by atoms with E-state index in [4.69, 9.17) is 4.43 Å². The Bertz CT molecular complexity index is 582. The second-order valence-corrected chi connectivity index (χ2v) is 13.7. The molecule has 2 nitrogen and oxygen atoms in total. The maximum absolute atomic E-state index is 13.9. The van der Waals surface area contributed by atoms with E-state index >= 15 is 0 Å². The highest BCUT2D eigenvalue weighted by Gasteiger charge is 2.55. The molecule has 2 unspecified atom stereocenters.